The van der Waals surface area contributed by atoms with E-state index in [2.05, 4.69) is 4.98 Å². The summed E-state index contributed by atoms with van der Waals surface area (Å²) >= 11 is 0. The Bertz CT molecular complexity index is 615. The van der Waals surface area contributed by atoms with Crippen LogP contribution >= 0.6 is 0 Å². The fraction of sp³-hybridized carbons (Fsp3) is 0.333. The summed E-state index contributed by atoms with van der Waals surface area (Å²) in [4.78, 5) is 18.8. The number of rotatable bonds is 2. The molecule has 1 amide bonds. The average molecular weight is 271 g/mol. The first-order chi connectivity index (χ1) is 9.77. The third-order valence-corrected chi connectivity index (χ3v) is 3.52. The van der Waals surface area contributed by atoms with E-state index in [0.29, 0.717) is 31.9 Å². The van der Waals surface area contributed by atoms with Gasteiger partial charge in [0.2, 0.25) is 0 Å². The monoisotopic (exact) mass is 271 g/mol. The Hall–Kier alpha value is -2.14. The normalized spacial score (nSPS) is 15.3. The van der Waals surface area contributed by atoms with Gasteiger partial charge >= 0.3 is 0 Å². The zero-order chi connectivity index (χ0) is 13.9. The Kier molecular flexibility index (Phi) is 3.52. The maximum absolute atomic E-state index is 12.7. The highest BCUT2D eigenvalue weighted by atomic mass is 16.5. The molecule has 0 saturated carbocycles. The van der Waals surface area contributed by atoms with Gasteiger partial charge in [-0.05, 0) is 6.07 Å². The van der Waals surface area contributed by atoms with Crippen molar-refractivity contribution in [2.75, 3.05) is 26.3 Å². The molecule has 1 fully saturated rings. The molecule has 20 heavy (non-hydrogen) atoms. The van der Waals surface area contributed by atoms with Crippen molar-refractivity contribution in [3.05, 3.63) is 42.2 Å². The maximum atomic E-state index is 12.7. The van der Waals surface area contributed by atoms with Crippen LogP contribution in [0.15, 0.2) is 36.7 Å². The number of carbonyl (C=O) groups is 1. The molecule has 0 atom stereocenters. The molecule has 5 nitrogen and oxygen atoms in total. The van der Waals surface area contributed by atoms with Crippen molar-refractivity contribution in [2.45, 2.75) is 0 Å². The van der Waals surface area contributed by atoms with Gasteiger partial charge in [-0.1, -0.05) is 18.2 Å². The van der Waals surface area contributed by atoms with Gasteiger partial charge in [-0.2, -0.15) is 0 Å². The lowest BCUT2D eigenvalue weighted by Crippen LogP contribution is -2.40. The predicted molar refractivity (Wildman–Crippen MR) is 75.4 cm³/mol. The molecule has 0 N–H and O–H groups in total. The topological polar surface area (TPSA) is 47.4 Å². The second kappa shape index (κ2) is 5.46. The molecule has 5 heteroatoms. The fourth-order valence-corrected chi connectivity index (χ4v) is 2.43. The number of aromatic nitrogens is 2. The summed E-state index contributed by atoms with van der Waals surface area (Å²) in [6.45, 7) is 2.51. The number of amides is 1. The van der Waals surface area contributed by atoms with Gasteiger partial charge in [-0.25, -0.2) is 4.98 Å². The molecule has 2 heterocycles. The number of imidazole rings is 1. The number of aryl methyl sites for hydroxylation is 1. The quantitative estimate of drug-likeness (QED) is 0.832. The predicted octanol–water partition coefficient (Wildman–Crippen LogP) is 1.56. The van der Waals surface area contributed by atoms with Crippen LogP contribution in [-0.4, -0.2) is 46.7 Å². The lowest BCUT2D eigenvalue weighted by Gasteiger charge is -2.27. The van der Waals surface area contributed by atoms with Gasteiger partial charge in [-0.3, -0.25) is 4.79 Å². The summed E-state index contributed by atoms with van der Waals surface area (Å²) in [6, 6.07) is 7.62. The van der Waals surface area contributed by atoms with E-state index in [4.69, 9.17) is 4.74 Å². The number of hydrogen-bond donors (Lipinski definition) is 0. The molecule has 0 spiro atoms. The number of morpholine rings is 1. The maximum Gasteiger partial charge on any atom is 0.254 e. The summed E-state index contributed by atoms with van der Waals surface area (Å²) in [7, 11) is 1.93. The number of hydrogen-bond acceptors (Lipinski definition) is 3. The molecule has 0 radical (unpaired) electrons. The highest BCUT2D eigenvalue weighted by molar-refractivity contribution is 6.00. The molecule has 1 aromatic heterocycles. The van der Waals surface area contributed by atoms with Crippen molar-refractivity contribution in [3.8, 4) is 11.4 Å². The average Bonchev–Trinajstić information content (AvgIpc) is 2.93. The van der Waals surface area contributed by atoms with E-state index in [-0.39, 0.29) is 5.91 Å². The number of ether oxygens (including phenoxy) is 1. The van der Waals surface area contributed by atoms with E-state index in [9.17, 15) is 4.79 Å². The minimum Gasteiger partial charge on any atom is -0.378 e. The van der Waals surface area contributed by atoms with E-state index in [1.54, 1.807) is 6.20 Å². The van der Waals surface area contributed by atoms with E-state index < -0.39 is 0 Å². The van der Waals surface area contributed by atoms with Crippen molar-refractivity contribution < 1.29 is 9.53 Å². The van der Waals surface area contributed by atoms with Gasteiger partial charge < -0.3 is 14.2 Å². The van der Waals surface area contributed by atoms with Crippen LogP contribution in [0, 0.1) is 0 Å². The smallest absolute Gasteiger partial charge is 0.254 e. The van der Waals surface area contributed by atoms with Crippen LogP contribution in [0.3, 0.4) is 0 Å². The number of carbonyl (C=O) groups excluding carboxylic acids is 1. The number of nitrogens with zero attached hydrogens (tertiary/aromatic N) is 3. The van der Waals surface area contributed by atoms with Crippen molar-refractivity contribution in [1.82, 2.24) is 14.5 Å². The van der Waals surface area contributed by atoms with Crippen LogP contribution in [0.5, 0.6) is 0 Å². The Morgan fingerprint density at radius 2 is 2.00 bits per heavy atom. The standard InChI is InChI=1S/C15H17N3O2/c1-17-7-6-16-14(17)12-4-2-3-5-13(12)15(19)18-8-10-20-11-9-18/h2-7H,8-11H2,1H3. The van der Waals surface area contributed by atoms with Gasteiger partial charge in [0.15, 0.2) is 0 Å². The first-order valence-corrected chi connectivity index (χ1v) is 6.71. The molecule has 0 unspecified atom stereocenters. The Balaban J connectivity index is 1.97. The van der Waals surface area contributed by atoms with Crippen molar-refractivity contribution >= 4 is 5.91 Å². The Morgan fingerprint density at radius 1 is 1.25 bits per heavy atom. The SMILES string of the molecule is Cn1ccnc1-c1ccccc1C(=O)N1CCOCC1. The van der Waals surface area contributed by atoms with E-state index in [0.717, 1.165) is 11.4 Å². The lowest BCUT2D eigenvalue weighted by molar-refractivity contribution is 0.0303. The summed E-state index contributed by atoms with van der Waals surface area (Å²) in [6.07, 6.45) is 3.62. The van der Waals surface area contributed by atoms with E-state index in [1.807, 2.05) is 47.0 Å². The fourth-order valence-electron chi connectivity index (χ4n) is 2.43. The van der Waals surface area contributed by atoms with Gasteiger partial charge in [0, 0.05) is 38.1 Å². The van der Waals surface area contributed by atoms with Gasteiger partial charge in [0.1, 0.15) is 5.82 Å². The van der Waals surface area contributed by atoms with Crippen LogP contribution < -0.4 is 0 Å². The zero-order valence-electron chi connectivity index (χ0n) is 11.5. The summed E-state index contributed by atoms with van der Waals surface area (Å²) < 4.78 is 7.22. The second-order valence-corrected chi connectivity index (χ2v) is 4.81. The van der Waals surface area contributed by atoms with E-state index in [1.165, 1.54) is 0 Å². The molecule has 2 aromatic rings. The molecular weight excluding hydrogens is 254 g/mol. The molecule has 0 bridgehead atoms. The first kappa shape index (κ1) is 12.9. The molecule has 1 aliphatic rings. The Morgan fingerprint density at radius 3 is 2.70 bits per heavy atom. The minimum absolute atomic E-state index is 0.0481. The third kappa shape index (κ3) is 2.32. The molecule has 1 aromatic carbocycles. The highest BCUT2D eigenvalue weighted by Crippen LogP contribution is 2.23. The van der Waals surface area contributed by atoms with Gasteiger partial charge in [-0.15, -0.1) is 0 Å². The summed E-state index contributed by atoms with van der Waals surface area (Å²) in [5.41, 5.74) is 1.57. The number of benzene rings is 1. The molecule has 1 saturated heterocycles. The van der Waals surface area contributed by atoms with E-state index >= 15 is 0 Å². The lowest BCUT2D eigenvalue weighted by atomic mass is 10.1. The summed E-state index contributed by atoms with van der Waals surface area (Å²) in [5, 5.41) is 0. The first-order valence-electron chi connectivity index (χ1n) is 6.71. The Labute approximate surface area is 117 Å². The van der Waals surface area contributed by atoms with Crippen LogP contribution in [0.1, 0.15) is 10.4 Å². The van der Waals surface area contributed by atoms with Crippen LogP contribution in [0.4, 0.5) is 0 Å². The molecule has 1 aliphatic heterocycles. The molecule has 0 aliphatic carbocycles. The van der Waals surface area contributed by atoms with Gasteiger partial charge in [0.05, 0.1) is 18.8 Å². The minimum atomic E-state index is 0.0481. The zero-order valence-corrected chi connectivity index (χ0v) is 11.5. The van der Waals surface area contributed by atoms with Crippen molar-refractivity contribution in [1.29, 1.82) is 0 Å². The van der Waals surface area contributed by atoms with Crippen LogP contribution in [0.25, 0.3) is 11.4 Å². The van der Waals surface area contributed by atoms with Crippen LogP contribution in [0.2, 0.25) is 0 Å². The highest BCUT2D eigenvalue weighted by Gasteiger charge is 2.22. The van der Waals surface area contributed by atoms with Crippen molar-refractivity contribution in [2.24, 2.45) is 7.05 Å². The van der Waals surface area contributed by atoms with Crippen molar-refractivity contribution in [3.63, 3.8) is 0 Å². The van der Waals surface area contributed by atoms with Gasteiger partial charge in [0.25, 0.3) is 5.91 Å². The largest absolute Gasteiger partial charge is 0.378 e. The van der Waals surface area contributed by atoms with Crippen LogP contribution in [-0.2, 0) is 11.8 Å². The summed E-state index contributed by atoms with van der Waals surface area (Å²) in [5.74, 6) is 0.856. The third-order valence-electron chi connectivity index (χ3n) is 3.52. The molecular formula is C15H17N3O2. The molecule has 104 valence electrons. The second-order valence-electron chi connectivity index (χ2n) is 4.81. The molecule has 3 rings (SSSR count).